The molecule has 9 nitrogen and oxygen atoms in total. The van der Waals surface area contributed by atoms with Crippen LogP contribution in [0.5, 0.6) is 0 Å². The molecular formula is C34H44N4O5S4. The molecule has 254 valence electrons. The maximum absolute atomic E-state index is 13.3. The summed E-state index contributed by atoms with van der Waals surface area (Å²) < 4.78 is 29.7. The molecule has 1 amide bonds. The molecule has 47 heavy (non-hydrogen) atoms. The monoisotopic (exact) mass is 716 g/mol. The average molecular weight is 717 g/mol. The van der Waals surface area contributed by atoms with Crippen molar-refractivity contribution in [2.75, 3.05) is 42.3 Å². The number of benzene rings is 1. The number of amides is 1. The molecule has 3 aliphatic heterocycles. The molecule has 0 radical (unpaired) electrons. The predicted molar refractivity (Wildman–Crippen MR) is 200 cm³/mol. The summed E-state index contributed by atoms with van der Waals surface area (Å²) in [5.41, 5.74) is 5.19. The van der Waals surface area contributed by atoms with Crippen molar-refractivity contribution in [3.63, 3.8) is 0 Å². The fourth-order valence-electron chi connectivity index (χ4n) is 6.14. The molecule has 1 unspecified atom stereocenters. The smallest absolute Gasteiger partial charge is 0.264 e. The Balaban J connectivity index is 1.57. The van der Waals surface area contributed by atoms with Gasteiger partial charge in [0.1, 0.15) is 12.5 Å². The summed E-state index contributed by atoms with van der Waals surface area (Å²) in [4.78, 5) is 34.4. The zero-order valence-corrected chi connectivity index (χ0v) is 30.7. The molecular weight excluding hydrogens is 673 g/mol. The third-order valence-electron chi connectivity index (χ3n) is 8.67. The molecule has 0 bridgehead atoms. The van der Waals surface area contributed by atoms with E-state index in [2.05, 4.69) is 55.7 Å². The number of anilines is 1. The van der Waals surface area contributed by atoms with E-state index in [1.54, 1.807) is 7.05 Å². The molecule has 0 aliphatic carbocycles. The lowest BCUT2D eigenvalue weighted by Crippen LogP contribution is -2.38. The van der Waals surface area contributed by atoms with Crippen LogP contribution in [-0.4, -0.2) is 84.3 Å². The number of carbonyl (C=O) groups is 2. The summed E-state index contributed by atoms with van der Waals surface area (Å²) in [6, 6.07) is 6.04. The number of aldehydes is 1. The molecule has 1 aromatic rings. The largest absolute Gasteiger partial charge is 0.352 e. The average Bonchev–Trinajstić information content (AvgIpc) is 3.44. The molecule has 3 aliphatic rings. The van der Waals surface area contributed by atoms with E-state index >= 15 is 0 Å². The topological polar surface area (TPSA) is 117 Å². The van der Waals surface area contributed by atoms with Crippen LogP contribution in [0.3, 0.4) is 0 Å². The van der Waals surface area contributed by atoms with Crippen molar-refractivity contribution in [3.05, 3.63) is 83.3 Å². The first-order chi connectivity index (χ1) is 22.5. The molecule has 0 saturated carbocycles. The number of aliphatic imine (C=N–C) groups is 1. The Morgan fingerprint density at radius 2 is 1.74 bits per heavy atom. The maximum Gasteiger partial charge on any atom is 0.264 e. The molecule has 0 aromatic heterocycles. The van der Waals surface area contributed by atoms with E-state index in [-0.39, 0.29) is 23.2 Å². The molecule has 0 fully saturated rings. The van der Waals surface area contributed by atoms with E-state index < -0.39 is 5.41 Å². The Morgan fingerprint density at radius 3 is 2.43 bits per heavy atom. The Kier molecular flexibility index (Phi) is 13.4. The molecule has 1 aromatic carbocycles. The van der Waals surface area contributed by atoms with E-state index in [9.17, 15) is 23.2 Å². The summed E-state index contributed by atoms with van der Waals surface area (Å²) >= 11 is 3.58. The second-order valence-electron chi connectivity index (χ2n) is 12.4. The quantitative estimate of drug-likeness (QED) is 0.0512. The highest BCUT2D eigenvalue weighted by molar-refractivity contribution is 7.98. The van der Waals surface area contributed by atoms with Crippen molar-refractivity contribution in [1.82, 2.24) is 9.21 Å². The van der Waals surface area contributed by atoms with Crippen LogP contribution in [0.25, 0.3) is 0 Å². The summed E-state index contributed by atoms with van der Waals surface area (Å²) in [6.07, 6.45) is 16.1. The van der Waals surface area contributed by atoms with E-state index in [0.29, 0.717) is 23.6 Å². The van der Waals surface area contributed by atoms with Crippen LogP contribution in [-0.2, 0) is 15.0 Å². The van der Waals surface area contributed by atoms with Gasteiger partial charge in [-0.15, -0.1) is 0 Å². The molecule has 0 saturated heterocycles. The number of hydrogen-bond donors (Lipinski definition) is 3. The van der Waals surface area contributed by atoms with Crippen LogP contribution in [0.15, 0.2) is 87.6 Å². The Labute approximate surface area is 295 Å². The minimum atomic E-state index is -0.426. The van der Waals surface area contributed by atoms with Gasteiger partial charge in [-0.05, 0) is 96.4 Å². The van der Waals surface area contributed by atoms with E-state index in [4.69, 9.17) is 4.99 Å². The van der Waals surface area contributed by atoms with Gasteiger partial charge in [0.05, 0.1) is 11.3 Å². The standard InChI is InChI=1S/C34H44N4O5S4/c1-33(2)27-21-24(32(40)36(5)44-20-17-39)23-37(15-9-18-45-41)31(27)35-29(33)11-7-6-8-12-30-34(3,4)26-22-25(47-43)13-14-28(26)38(30)16-10-19-46-42/h6-8,11-14,17,21-23,31,41-43H,9-10,15-16,18-20H2,1-5H3/b8-6+,11-7+,30-12+. The summed E-state index contributed by atoms with van der Waals surface area (Å²) in [5, 5.41) is 0. The number of likely N-dealkylation sites (N-methyl/N-ethyl adjacent to an activating group) is 1. The molecule has 1 atom stereocenters. The zero-order valence-electron chi connectivity index (χ0n) is 27.5. The number of hydrogen-bond acceptors (Lipinski definition) is 12. The Morgan fingerprint density at radius 1 is 1.02 bits per heavy atom. The fraction of sp³-hybridized carbons (Fsp3) is 0.441. The van der Waals surface area contributed by atoms with E-state index in [1.165, 1.54) is 16.3 Å². The van der Waals surface area contributed by atoms with Crippen molar-refractivity contribution >= 4 is 71.7 Å². The van der Waals surface area contributed by atoms with E-state index in [1.807, 2.05) is 42.6 Å². The Bertz CT molecular complexity index is 1500. The molecule has 4 rings (SSSR count). The number of rotatable bonds is 16. The predicted octanol–water partition coefficient (Wildman–Crippen LogP) is 7.78. The summed E-state index contributed by atoms with van der Waals surface area (Å²) in [6.45, 7) is 10.0. The lowest BCUT2D eigenvalue weighted by molar-refractivity contribution is -0.121. The van der Waals surface area contributed by atoms with Gasteiger partial charge in [-0.3, -0.25) is 14.1 Å². The highest BCUT2D eigenvalue weighted by Crippen LogP contribution is 2.49. The third-order valence-corrected chi connectivity index (χ3v) is 10.9. The van der Waals surface area contributed by atoms with Gasteiger partial charge in [0.2, 0.25) is 0 Å². The lowest BCUT2D eigenvalue weighted by atomic mass is 9.78. The van der Waals surface area contributed by atoms with Crippen LogP contribution in [0.4, 0.5) is 5.69 Å². The SMILES string of the molecule is CN(SCC=O)C(=O)C1=CN(CCCSO)C2N=C(/C=C/C=C/C=C3/N(CCCSO)c4ccc(SO)cc4C3(C)C)C(C)(C)C2=C1. The normalized spacial score (nSPS) is 20.5. The van der Waals surface area contributed by atoms with Crippen molar-refractivity contribution < 1.29 is 23.2 Å². The maximum atomic E-state index is 13.3. The lowest BCUT2D eigenvalue weighted by Gasteiger charge is -2.34. The third kappa shape index (κ3) is 8.44. The number of carbonyl (C=O) groups excluding carboxylic acids is 2. The molecule has 3 N–H and O–H groups in total. The van der Waals surface area contributed by atoms with Crippen molar-refractivity contribution in [2.24, 2.45) is 10.4 Å². The van der Waals surface area contributed by atoms with Crippen molar-refractivity contribution in [3.8, 4) is 0 Å². The van der Waals surface area contributed by atoms with Gasteiger partial charge in [-0.1, -0.05) is 45.9 Å². The number of fused-ring (bicyclic) bond motifs is 2. The molecule has 13 heteroatoms. The van der Waals surface area contributed by atoms with Crippen molar-refractivity contribution in [1.29, 1.82) is 0 Å². The number of nitrogens with zero attached hydrogens (tertiary/aromatic N) is 4. The van der Waals surface area contributed by atoms with Gasteiger partial charge in [0.25, 0.3) is 5.91 Å². The van der Waals surface area contributed by atoms with Gasteiger partial charge in [-0.25, -0.2) is 0 Å². The van der Waals surface area contributed by atoms with Crippen molar-refractivity contribution in [2.45, 2.75) is 57.0 Å². The van der Waals surface area contributed by atoms with Gasteiger partial charge >= 0.3 is 0 Å². The van der Waals surface area contributed by atoms with Gasteiger partial charge in [0.15, 0.2) is 0 Å². The van der Waals surface area contributed by atoms with Crippen LogP contribution in [0.1, 0.15) is 46.1 Å². The second kappa shape index (κ2) is 16.8. The van der Waals surface area contributed by atoms with Crippen LogP contribution < -0.4 is 4.90 Å². The minimum absolute atomic E-state index is 0.174. The summed E-state index contributed by atoms with van der Waals surface area (Å²) in [5.74, 6) is 1.26. The first-order valence-corrected chi connectivity index (χ1v) is 19.1. The van der Waals surface area contributed by atoms with Crippen LogP contribution >= 0.6 is 48.1 Å². The van der Waals surface area contributed by atoms with Crippen LogP contribution in [0.2, 0.25) is 0 Å². The Hall–Kier alpha value is -2.39. The first-order valence-electron chi connectivity index (χ1n) is 15.5. The number of allylic oxidation sites excluding steroid dienone is 6. The van der Waals surface area contributed by atoms with E-state index in [0.717, 1.165) is 94.9 Å². The molecule has 3 heterocycles. The van der Waals surface area contributed by atoms with Gasteiger partial charge < -0.3 is 28.3 Å². The highest BCUT2D eigenvalue weighted by atomic mass is 32.2. The molecule has 0 spiro atoms. The minimum Gasteiger partial charge on any atom is -0.352 e. The second-order valence-corrected chi connectivity index (χ2v) is 15.5. The fourth-order valence-corrected chi connectivity index (χ4v) is 7.46. The zero-order chi connectivity index (χ0) is 34.2. The van der Waals surface area contributed by atoms with Crippen LogP contribution in [0, 0.1) is 5.41 Å². The first kappa shape index (κ1) is 37.4. The van der Waals surface area contributed by atoms with Gasteiger partial charge in [-0.2, -0.15) is 0 Å². The highest BCUT2D eigenvalue weighted by Gasteiger charge is 2.43. The van der Waals surface area contributed by atoms with Gasteiger partial charge in [0, 0.05) is 82.7 Å². The summed E-state index contributed by atoms with van der Waals surface area (Å²) in [7, 11) is 1.67.